The minimum absolute atomic E-state index is 0.0903. The van der Waals surface area contributed by atoms with Gasteiger partial charge in [-0.2, -0.15) is 4.31 Å². The summed E-state index contributed by atoms with van der Waals surface area (Å²) in [6, 6.07) is 14.9. The molecule has 0 N–H and O–H groups in total. The first-order chi connectivity index (χ1) is 13.4. The molecule has 1 heterocycles. The van der Waals surface area contributed by atoms with Gasteiger partial charge in [0.1, 0.15) is 11.6 Å². The van der Waals surface area contributed by atoms with Crippen molar-refractivity contribution in [2.45, 2.75) is 30.6 Å². The predicted molar refractivity (Wildman–Crippen MR) is 105 cm³/mol. The van der Waals surface area contributed by atoms with E-state index >= 15 is 0 Å². The first kappa shape index (κ1) is 19.0. The van der Waals surface area contributed by atoms with E-state index < -0.39 is 15.8 Å². The molecule has 146 valence electrons. The summed E-state index contributed by atoms with van der Waals surface area (Å²) in [6.07, 6.45) is 4.11. The maximum Gasteiger partial charge on any atom is 0.243 e. The lowest BCUT2D eigenvalue weighted by molar-refractivity contribution is -0.120. The molecule has 28 heavy (non-hydrogen) atoms. The summed E-state index contributed by atoms with van der Waals surface area (Å²) in [5.41, 5.74) is 1.81. The van der Waals surface area contributed by atoms with Crippen LogP contribution in [0.25, 0.3) is 0 Å². The topological polar surface area (TPSA) is 54.5 Å². The van der Waals surface area contributed by atoms with Gasteiger partial charge < -0.3 is 0 Å². The molecule has 2 aromatic carbocycles. The zero-order valence-electron chi connectivity index (χ0n) is 15.5. The lowest BCUT2D eigenvalue weighted by Crippen LogP contribution is -2.49. The van der Waals surface area contributed by atoms with Crippen LogP contribution >= 0.6 is 0 Å². The highest BCUT2D eigenvalue weighted by molar-refractivity contribution is 7.89. The Labute approximate surface area is 164 Å². The molecule has 0 spiro atoms. The molecule has 0 saturated heterocycles. The number of carbonyl (C=O) groups excluding carboxylic acids is 1. The van der Waals surface area contributed by atoms with Crippen LogP contribution in [0.15, 0.2) is 71.1 Å². The van der Waals surface area contributed by atoms with Gasteiger partial charge in [0.15, 0.2) is 0 Å². The molecule has 0 aromatic heterocycles. The van der Waals surface area contributed by atoms with Crippen molar-refractivity contribution in [3.63, 3.8) is 0 Å². The van der Waals surface area contributed by atoms with Crippen LogP contribution in [-0.4, -0.2) is 31.6 Å². The Bertz CT molecular complexity index is 1020. The third-order valence-corrected chi connectivity index (χ3v) is 7.63. The van der Waals surface area contributed by atoms with Gasteiger partial charge in [0, 0.05) is 31.3 Å². The highest BCUT2D eigenvalue weighted by Gasteiger charge is 2.45. The molecule has 2 aromatic rings. The standard InChI is InChI=1S/C22H22FNO3S/c23-19-6-8-21(9-7-19)28(26,27)24-13-11-18-14-20(25)10-12-22(18,16-24)15-17-4-2-1-3-5-17/h1-9,11H,10,12-16H2. The number of hydrogen-bond acceptors (Lipinski definition) is 3. The normalized spacial score (nSPS) is 23.2. The van der Waals surface area contributed by atoms with Crippen molar-refractivity contribution < 1.29 is 17.6 Å². The molecule has 4 rings (SSSR count). The fraction of sp³-hybridized carbons (Fsp3) is 0.318. The van der Waals surface area contributed by atoms with E-state index in [0.717, 1.165) is 23.3 Å². The zero-order valence-corrected chi connectivity index (χ0v) is 16.3. The second-order valence-corrected chi connectivity index (χ2v) is 9.58. The Morgan fingerprint density at radius 3 is 2.46 bits per heavy atom. The second-order valence-electron chi connectivity index (χ2n) is 7.64. The SMILES string of the molecule is O=C1CCC2(Cc3ccccc3)CN(S(=O)(=O)c3ccc(F)cc3)CC=C2C1. The maximum absolute atomic E-state index is 13.2. The average Bonchev–Trinajstić information content (AvgIpc) is 2.69. The Hall–Kier alpha value is -2.31. The van der Waals surface area contributed by atoms with Crippen LogP contribution in [0.4, 0.5) is 4.39 Å². The number of benzene rings is 2. The van der Waals surface area contributed by atoms with Crippen LogP contribution in [0, 0.1) is 11.2 Å². The second kappa shape index (κ2) is 7.26. The van der Waals surface area contributed by atoms with Crippen molar-refractivity contribution in [2.75, 3.05) is 13.1 Å². The summed E-state index contributed by atoms with van der Waals surface area (Å²) in [4.78, 5) is 12.1. The molecule has 1 unspecified atom stereocenters. The molecule has 1 aliphatic heterocycles. The number of sulfonamides is 1. The van der Waals surface area contributed by atoms with E-state index in [9.17, 15) is 17.6 Å². The molecular weight excluding hydrogens is 377 g/mol. The third kappa shape index (κ3) is 3.54. The van der Waals surface area contributed by atoms with Gasteiger partial charge in [-0.05, 0) is 42.7 Å². The first-order valence-electron chi connectivity index (χ1n) is 9.40. The summed E-state index contributed by atoms with van der Waals surface area (Å²) in [5, 5.41) is 0. The number of rotatable bonds is 4. The van der Waals surface area contributed by atoms with Crippen molar-refractivity contribution in [2.24, 2.45) is 5.41 Å². The van der Waals surface area contributed by atoms with Gasteiger partial charge in [-0.3, -0.25) is 4.79 Å². The lowest BCUT2D eigenvalue weighted by atomic mass is 9.65. The molecule has 0 amide bonds. The van der Waals surface area contributed by atoms with Gasteiger partial charge in [-0.25, -0.2) is 12.8 Å². The molecule has 1 aliphatic carbocycles. The molecule has 1 saturated carbocycles. The van der Waals surface area contributed by atoms with Crippen molar-refractivity contribution in [1.82, 2.24) is 4.31 Å². The molecule has 1 atom stereocenters. The minimum atomic E-state index is -3.74. The number of halogens is 1. The van der Waals surface area contributed by atoms with Gasteiger partial charge in [-0.1, -0.05) is 42.0 Å². The lowest BCUT2D eigenvalue weighted by Gasteiger charge is -2.45. The number of Topliss-reactive ketones (excluding diaryl/α,β-unsaturated/α-hetero) is 1. The Morgan fingerprint density at radius 2 is 1.75 bits per heavy atom. The van der Waals surface area contributed by atoms with E-state index in [-0.39, 0.29) is 22.6 Å². The van der Waals surface area contributed by atoms with Crippen molar-refractivity contribution in [1.29, 1.82) is 0 Å². The van der Waals surface area contributed by atoms with Crippen LogP contribution in [0.2, 0.25) is 0 Å². The summed E-state index contributed by atoms with van der Waals surface area (Å²) in [5.74, 6) is -0.254. The third-order valence-electron chi connectivity index (χ3n) is 5.81. The fourth-order valence-electron chi connectivity index (χ4n) is 4.29. The van der Waals surface area contributed by atoms with Crippen LogP contribution in [0.5, 0.6) is 0 Å². The van der Waals surface area contributed by atoms with E-state index in [1.54, 1.807) is 0 Å². The van der Waals surface area contributed by atoms with Gasteiger partial charge in [-0.15, -0.1) is 0 Å². The van der Waals surface area contributed by atoms with Crippen molar-refractivity contribution in [3.8, 4) is 0 Å². The van der Waals surface area contributed by atoms with E-state index in [0.29, 0.717) is 32.2 Å². The predicted octanol–water partition coefficient (Wildman–Crippen LogP) is 3.74. The quantitative estimate of drug-likeness (QED) is 0.736. The van der Waals surface area contributed by atoms with Crippen LogP contribution in [-0.2, 0) is 21.2 Å². The molecular formula is C22H22FNO3S. The highest BCUT2D eigenvalue weighted by atomic mass is 32.2. The molecule has 4 nitrogen and oxygen atoms in total. The van der Waals surface area contributed by atoms with Gasteiger partial charge in [0.25, 0.3) is 0 Å². The van der Waals surface area contributed by atoms with Crippen molar-refractivity contribution in [3.05, 3.63) is 77.6 Å². The van der Waals surface area contributed by atoms with E-state index in [2.05, 4.69) is 0 Å². The average molecular weight is 399 g/mol. The number of fused-ring (bicyclic) bond motifs is 1. The summed E-state index contributed by atoms with van der Waals surface area (Å²) in [7, 11) is -3.74. The van der Waals surface area contributed by atoms with Crippen LogP contribution in [0.3, 0.4) is 0 Å². The summed E-state index contributed by atoms with van der Waals surface area (Å²) < 4.78 is 41.0. The monoisotopic (exact) mass is 399 g/mol. The summed E-state index contributed by atoms with van der Waals surface area (Å²) in [6.45, 7) is 0.569. The minimum Gasteiger partial charge on any atom is -0.299 e. The van der Waals surface area contributed by atoms with E-state index in [1.165, 1.54) is 16.4 Å². The number of hydrogen-bond donors (Lipinski definition) is 0. The van der Waals surface area contributed by atoms with Crippen LogP contribution in [0.1, 0.15) is 24.8 Å². The largest absolute Gasteiger partial charge is 0.299 e. The Kier molecular flexibility index (Phi) is 4.93. The summed E-state index contributed by atoms with van der Waals surface area (Å²) >= 11 is 0. The number of nitrogens with zero attached hydrogens (tertiary/aromatic N) is 1. The molecule has 0 bridgehead atoms. The van der Waals surface area contributed by atoms with Gasteiger partial charge in [0.05, 0.1) is 4.90 Å². The van der Waals surface area contributed by atoms with Gasteiger partial charge in [0.2, 0.25) is 10.0 Å². The zero-order chi connectivity index (χ0) is 19.8. The van der Waals surface area contributed by atoms with Crippen molar-refractivity contribution >= 4 is 15.8 Å². The fourth-order valence-corrected chi connectivity index (χ4v) is 5.76. The molecule has 6 heteroatoms. The van der Waals surface area contributed by atoms with E-state index in [4.69, 9.17) is 0 Å². The number of carbonyl (C=O) groups is 1. The molecule has 1 fully saturated rings. The number of ketones is 1. The highest BCUT2D eigenvalue weighted by Crippen LogP contribution is 2.46. The van der Waals surface area contributed by atoms with E-state index in [1.807, 2.05) is 36.4 Å². The first-order valence-corrected chi connectivity index (χ1v) is 10.8. The van der Waals surface area contributed by atoms with Crippen LogP contribution < -0.4 is 0 Å². The maximum atomic E-state index is 13.2. The Morgan fingerprint density at radius 1 is 1.04 bits per heavy atom. The smallest absolute Gasteiger partial charge is 0.243 e. The Balaban J connectivity index is 1.69. The molecule has 2 aliphatic rings. The molecule has 0 radical (unpaired) electrons. The van der Waals surface area contributed by atoms with Gasteiger partial charge >= 0.3 is 0 Å².